The molecule has 0 bridgehead atoms. The fraction of sp³-hybridized carbons (Fsp3) is 0.300. The van der Waals surface area contributed by atoms with Crippen LogP contribution in [0.1, 0.15) is 10.8 Å². The first-order chi connectivity index (χ1) is 6.79. The van der Waals surface area contributed by atoms with Gasteiger partial charge in [0.05, 0.1) is 12.4 Å². The Morgan fingerprint density at radius 1 is 1.43 bits per heavy atom. The number of carbonyl (C=O) groups excluding carboxylic acids is 1. The lowest BCUT2D eigenvalue weighted by atomic mass is 10.1. The summed E-state index contributed by atoms with van der Waals surface area (Å²) < 4.78 is 5.06. The third-order valence-electron chi connectivity index (χ3n) is 2.17. The van der Waals surface area contributed by atoms with Crippen molar-refractivity contribution in [2.75, 3.05) is 13.7 Å². The van der Waals surface area contributed by atoms with E-state index in [1.165, 1.54) is 11.8 Å². The predicted molar refractivity (Wildman–Crippen MR) is 56.7 cm³/mol. The van der Waals surface area contributed by atoms with Crippen molar-refractivity contribution in [2.45, 2.75) is 5.25 Å². The van der Waals surface area contributed by atoms with E-state index < -0.39 is 0 Å². The van der Waals surface area contributed by atoms with Crippen molar-refractivity contribution in [2.24, 2.45) is 0 Å². The Kier molecular flexibility index (Phi) is 2.63. The second-order valence-electron chi connectivity index (χ2n) is 3.05. The molecule has 74 valence electrons. The summed E-state index contributed by atoms with van der Waals surface area (Å²) in [5.74, 6) is 0.844. The van der Waals surface area contributed by atoms with Gasteiger partial charge in [-0.2, -0.15) is 0 Å². The molecule has 1 aromatic rings. The molecule has 0 aromatic heterocycles. The van der Waals surface area contributed by atoms with E-state index in [0.717, 1.165) is 17.9 Å². The number of rotatable bonds is 2. The third kappa shape index (κ3) is 1.85. The second-order valence-corrected chi connectivity index (χ2v) is 4.22. The minimum Gasteiger partial charge on any atom is -0.497 e. The van der Waals surface area contributed by atoms with Crippen LogP contribution in [0.2, 0.25) is 0 Å². The normalized spacial score (nSPS) is 20.6. The van der Waals surface area contributed by atoms with E-state index in [2.05, 4.69) is 5.32 Å². The highest BCUT2D eigenvalue weighted by atomic mass is 32.2. The summed E-state index contributed by atoms with van der Waals surface area (Å²) in [6.45, 7) is 0.718. The van der Waals surface area contributed by atoms with E-state index >= 15 is 0 Å². The quantitative estimate of drug-likeness (QED) is 0.811. The minimum atomic E-state index is 0.0609. The van der Waals surface area contributed by atoms with E-state index in [4.69, 9.17) is 4.74 Å². The average Bonchev–Trinajstić information content (AvgIpc) is 2.65. The summed E-state index contributed by atoms with van der Waals surface area (Å²) >= 11 is 1.34. The summed E-state index contributed by atoms with van der Waals surface area (Å²) in [6.07, 6.45) is 0. The fourth-order valence-electron chi connectivity index (χ4n) is 1.39. The van der Waals surface area contributed by atoms with Crippen molar-refractivity contribution in [1.29, 1.82) is 0 Å². The molecule has 1 amide bonds. The predicted octanol–water partition coefficient (Wildman–Crippen LogP) is 2.19. The lowest BCUT2D eigenvalue weighted by Gasteiger charge is -2.07. The largest absolute Gasteiger partial charge is 0.497 e. The molecular formula is C10H11NO2S. The SMILES string of the molecule is COc1ccc([C@@H]2CNC(=O)S2)cc1. The van der Waals surface area contributed by atoms with Gasteiger partial charge in [-0.05, 0) is 17.7 Å². The number of carbonyl (C=O) groups is 1. The highest BCUT2D eigenvalue weighted by molar-refractivity contribution is 8.14. The summed E-state index contributed by atoms with van der Waals surface area (Å²) in [6, 6.07) is 7.82. The Morgan fingerprint density at radius 3 is 2.64 bits per heavy atom. The van der Waals surface area contributed by atoms with Crippen molar-refractivity contribution in [3.63, 3.8) is 0 Å². The van der Waals surface area contributed by atoms with Gasteiger partial charge in [0.2, 0.25) is 0 Å². The molecule has 4 heteroatoms. The lowest BCUT2D eigenvalue weighted by Crippen LogP contribution is -2.11. The Hall–Kier alpha value is -1.16. The first-order valence-corrected chi connectivity index (χ1v) is 5.26. The van der Waals surface area contributed by atoms with Crippen LogP contribution in [0.4, 0.5) is 4.79 Å². The number of thioether (sulfide) groups is 1. The number of amides is 1. The second kappa shape index (κ2) is 3.92. The fourth-order valence-corrected chi connectivity index (χ4v) is 2.28. The van der Waals surface area contributed by atoms with Gasteiger partial charge in [-0.25, -0.2) is 0 Å². The molecule has 0 spiro atoms. The van der Waals surface area contributed by atoms with Gasteiger partial charge in [0.25, 0.3) is 5.24 Å². The maximum Gasteiger partial charge on any atom is 0.279 e. The van der Waals surface area contributed by atoms with Crippen molar-refractivity contribution in [3.8, 4) is 5.75 Å². The topological polar surface area (TPSA) is 38.3 Å². The molecule has 0 aliphatic carbocycles. The van der Waals surface area contributed by atoms with Crippen LogP contribution in [0.5, 0.6) is 5.75 Å². The molecule has 1 aromatic carbocycles. The zero-order chi connectivity index (χ0) is 9.97. The van der Waals surface area contributed by atoms with E-state index in [1.807, 2.05) is 24.3 Å². The van der Waals surface area contributed by atoms with Gasteiger partial charge in [0, 0.05) is 6.54 Å². The number of ether oxygens (including phenoxy) is 1. The average molecular weight is 209 g/mol. The van der Waals surface area contributed by atoms with Gasteiger partial charge in [-0.15, -0.1) is 0 Å². The Bertz CT molecular complexity index is 336. The highest BCUT2D eigenvalue weighted by Gasteiger charge is 2.23. The van der Waals surface area contributed by atoms with Gasteiger partial charge in [-0.1, -0.05) is 23.9 Å². The minimum absolute atomic E-state index is 0.0609. The van der Waals surface area contributed by atoms with Crippen LogP contribution < -0.4 is 10.1 Å². The molecule has 3 nitrogen and oxygen atoms in total. The standard InChI is InChI=1S/C10H11NO2S/c1-13-8-4-2-7(3-5-8)9-6-11-10(12)14-9/h2-5,9H,6H2,1H3,(H,11,12)/t9-/m0/s1. The molecule has 2 rings (SSSR count). The first kappa shape index (κ1) is 9.40. The van der Waals surface area contributed by atoms with Gasteiger partial charge in [0.1, 0.15) is 5.75 Å². The molecule has 14 heavy (non-hydrogen) atoms. The number of hydrogen-bond donors (Lipinski definition) is 1. The molecule has 1 N–H and O–H groups in total. The number of methoxy groups -OCH3 is 1. The zero-order valence-electron chi connectivity index (χ0n) is 7.82. The monoisotopic (exact) mass is 209 g/mol. The van der Waals surface area contributed by atoms with Gasteiger partial charge in [0.15, 0.2) is 0 Å². The summed E-state index contributed by atoms with van der Waals surface area (Å²) in [5, 5.41) is 3.09. The lowest BCUT2D eigenvalue weighted by molar-refractivity contribution is 0.262. The van der Waals surface area contributed by atoms with E-state index in [9.17, 15) is 4.79 Å². The number of hydrogen-bond acceptors (Lipinski definition) is 3. The Morgan fingerprint density at radius 2 is 2.14 bits per heavy atom. The summed E-state index contributed by atoms with van der Waals surface area (Å²) in [5.41, 5.74) is 1.16. The molecule has 1 aliphatic rings. The Balaban J connectivity index is 2.13. The van der Waals surface area contributed by atoms with Crippen LogP contribution in [0.25, 0.3) is 0 Å². The zero-order valence-corrected chi connectivity index (χ0v) is 8.64. The summed E-state index contributed by atoms with van der Waals surface area (Å²) in [7, 11) is 1.64. The molecule has 1 fully saturated rings. The van der Waals surface area contributed by atoms with Gasteiger partial charge in [-0.3, -0.25) is 4.79 Å². The van der Waals surface area contributed by atoms with E-state index in [1.54, 1.807) is 7.11 Å². The van der Waals surface area contributed by atoms with Crippen LogP contribution in [0, 0.1) is 0 Å². The van der Waals surface area contributed by atoms with E-state index in [-0.39, 0.29) is 10.5 Å². The van der Waals surface area contributed by atoms with Crippen molar-refractivity contribution < 1.29 is 9.53 Å². The van der Waals surface area contributed by atoms with Crippen molar-refractivity contribution >= 4 is 17.0 Å². The maximum absolute atomic E-state index is 11.0. The van der Waals surface area contributed by atoms with Crippen LogP contribution in [-0.4, -0.2) is 18.9 Å². The van der Waals surface area contributed by atoms with Crippen molar-refractivity contribution in [1.82, 2.24) is 5.32 Å². The molecule has 0 radical (unpaired) electrons. The number of nitrogens with one attached hydrogen (secondary N) is 1. The molecule has 1 aliphatic heterocycles. The Labute approximate surface area is 86.8 Å². The maximum atomic E-state index is 11.0. The van der Waals surface area contributed by atoms with Crippen LogP contribution in [-0.2, 0) is 0 Å². The van der Waals surface area contributed by atoms with Gasteiger partial charge >= 0.3 is 0 Å². The van der Waals surface area contributed by atoms with Crippen LogP contribution in [0.15, 0.2) is 24.3 Å². The van der Waals surface area contributed by atoms with Crippen LogP contribution in [0.3, 0.4) is 0 Å². The highest BCUT2D eigenvalue weighted by Crippen LogP contribution is 2.33. The molecule has 0 saturated carbocycles. The number of benzene rings is 1. The molecule has 0 unspecified atom stereocenters. The summed E-state index contributed by atoms with van der Waals surface area (Å²) in [4.78, 5) is 11.0. The molecule has 1 saturated heterocycles. The molecule has 1 heterocycles. The van der Waals surface area contributed by atoms with Gasteiger partial charge < -0.3 is 10.1 Å². The smallest absolute Gasteiger partial charge is 0.279 e. The molecular weight excluding hydrogens is 198 g/mol. The van der Waals surface area contributed by atoms with Crippen LogP contribution >= 0.6 is 11.8 Å². The molecule has 1 atom stereocenters. The third-order valence-corrected chi connectivity index (χ3v) is 3.25. The van der Waals surface area contributed by atoms with Crippen molar-refractivity contribution in [3.05, 3.63) is 29.8 Å². The first-order valence-electron chi connectivity index (χ1n) is 4.38. The van der Waals surface area contributed by atoms with E-state index in [0.29, 0.717) is 0 Å².